The Hall–Kier alpha value is -2.34. The molecule has 2 rings (SSSR count). The molecule has 0 radical (unpaired) electrons. The predicted molar refractivity (Wildman–Crippen MR) is 110 cm³/mol. The second-order valence-corrected chi connectivity index (χ2v) is 8.82. The summed E-state index contributed by atoms with van der Waals surface area (Å²) in [4.78, 5) is 12.1. The summed E-state index contributed by atoms with van der Waals surface area (Å²) in [6.45, 7) is 4.83. The monoisotopic (exact) mass is 388 g/mol. The fourth-order valence-corrected chi connectivity index (χ4v) is 3.72. The summed E-state index contributed by atoms with van der Waals surface area (Å²) in [6.07, 6.45) is 2.03. The number of hydrogen-bond donors (Lipinski definition) is 1. The molecule has 27 heavy (non-hydrogen) atoms. The van der Waals surface area contributed by atoms with Crippen molar-refractivity contribution in [2.75, 3.05) is 23.7 Å². The van der Waals surface area contributed by atoms with Crippen LogP contribution in [0.4, 0.5) is 5.69 Å². The third-order valence-corrected chi connectivity index (χ3v) is 5.56. The zero-order valence-corrected chi connectivity index (χ0v) is 17.0. The van der Waals surface area contributed by atoms with Gasteiger partial charge in [-0.25, -0.2) is 8.42 Å². The number of hydrogen-bond acceptors (Lipinski definition) is 3. The smallest absolute Gasteiger partial charge is 0.232 e. The van der Waals surface area contributed by atoms with Crippen LogP contribution in [0.2, 0.25) is 0 Å². The molecule has 0 unspecified atom stereocenters. The van der Waals surface area contributed by atoms with Crippen molar-refractivity contribution in [2.24, 2.45) is 0 Å². The van der Waals surface area contributed by atoms with E-state index in [0.717, 1.165) is 23.8 Å². The number of sulfonamides is 1. The first-order chi connectivity index (χ1) is 12.8. The molecule has 0 aromatic heterocycles. The Morgan fingerprint density at radius 1 is 1.04 bits per heavy atom. The highest BCUT2D eigenvalue weighted by Gasteiger charge is 2.18. The van der Waals surface area contributed by atoms with Crippen LogP contribution in [-0.2, 0) is 21.2 Å². The zero-order valence-electron chi connectivity index (χ0n) is 16.2. The van der Waals surface area contributed by atoms with Gasteiger partial charge in [-0.1, -0.05) is 56.3 Å². The third-order valence-electron chi connectivity index (χ3n) is 4.37. The zero-order chi connectivity index (χ0) is 19.9. The van der Waals surface area contributed by atoms with Crippen LogP contribution < -0.4 is 9.62 Å². The van der Waals surface area contributed by atoms with Gasteiger partial charge in [0.2, 0.25) is 15.9 Å². The molecule has 2 aromatic carbocycles. The highest BCUT2D eigenvalue weighted by Crippen LogP contribution is 2.22. The minimum Gasteiger partial charge on any atom is -0.356 e. The first kappa shape index (κ1) is 21.0. The van der Waals surface area contributed by atoms with Crippen molar-refractivity contribution in [1.82, 2.24) is 5.32 Å². The van der Waals surface area contributed by atoms with Crippen LogP contribution in [-0.4, -0.2) is 33.7 Å². The summed E-state index contributed by atoms with van der Waals surface area (Å²) in [5, 5.41) is 2.85. The number of nitrogens with zero attached hydrogens (tertiary/aromatic N) is 1. The van der Waals surface area contributed by atoms with Gasteiger partial charge >= 0.3 is 0 Å². The van der Waals surface area contributed by atoms with Crippen LogP contribution >= 0.6 is 0 Å². The highest BCUT2D eigenvalue weighted by molar-refractivity contribution is 7.92. The molecule has 0 atom stereocenters. The number of nitrogens with one attached hydrogen (secondary N) is 1. The summed E-state index contributed by atoms with van der Waals surface area (Å²) in [7, 11) is -3.46. The van der Waals surface area contributed by atoms with Crippen molar-refractivity contribution >= 4 is 21.6 Å². The molecule has 0 fully saturated rings. The molecule has 1 amide bonds. The van der Waals surface area contributed by atoms with Crippen LogP contribution in [0.5, 0.6) is 0 Å². The fourth-order valence-electron chi connectivity index (χ4n) is 2.79. The summed E-state index contributed by atoms with van der Waals surface area (Å²) >= 11 is 0. The fraction of sp³-hybridized carbons (Fsp3) is 0.381. The van der Waals surface area contributed by atoms with Gasteiger partial charge in [0, 0.05) is 19.5 Å². The van der Waals surface area contributed by atoms with Gasteiger partial charge in [0.25, 0.3) is 0 Å². The summed E-state index contributed by atoms with van der Waals surface area (Å²) < 4.78 is 25.6. The van der Waals surface area contributed by atoms with E-state index in [-0.39, 0.29) is 18.9 Å². The molecule has 2 aromatic rings. The molecule has 0 aliphatic heterocycles. The number of amides is 1. The SMILES string of the molecule is CC(C)c1ccc(N(CCC(=O)NCCc2ccccc2)S(C)(=O)=O)cc1. The molecule has 0 saturated heterocycles. The minimum absolute atomic E-state index is 0.119. The Bertz CT molecular complexity index is 831. The molecule has 0 bridgehead atoms. The number of anilines is 1. The van der Waals surface area contributed by atoms with E-state index in [1.807, 2.05) is 42.5 Å². The Balaban J connectivity index is 1.91. The van der Waals surface area contributed by atoms with Crippen LogP contribution in [0.25, 0.3) is 0 Å². The summed E-state index contributed by atoms with van der Waals surface area (Å²) in [5.74, 6) is 0.222. The van der Waals surface area contributed by atoms with Crippen LogP contribution in [0.1, 0.15) is 37.3 Å². The predicted octanol–water partition coefficient (Wildman–Crippen LogP) is 3.33. The lowest BCUT2D eigenvalue weighted by Crippen LogP contribution is -2.35. The lowest BCUT2D eigenvalue weighted by Gasteiger charge is -2.22. The Labute approximate surface area is 162 Å². The van der Waals surface area contributed by atoms with E-state index in [1.165, 1.54) is 4.31 Å². The van der Waals surface area contributed by atoms with Crippen molar-refractivity contribution in [3.8, 4) is 0 Å². The normalized spacial score (nSPS) is 11.4. The third kappa shape index (κ3) is 6.71. The number of rotatable bonds is 9. The molecular weight excluding hydrogens is 360 g/mol. The van der Waals surface area contributed by atoms with Gasteiger partial charge in [0.15, 0.2) is 0 Å². The van der Waals surface area contributed by atoms with E-state index >= 15 is 0 Å². The first-order valence-corrected chi connectivity index (χ1v) is 11.0. The standard InChI is InChI=1S/C21H28N2O3S/c1-17(2)19-9-11-20(12-10-19)23(27(3,25)26)16-14-21(24)22-15-13-18-7-5-4-6-8-18/h4-12,17H,13-16H2,1-3H3,(H,22,24). The van der Waals surface area contributed by atoms with Gasteiger partial charge in [0.1, 0.15) is 0 Å². The minimum atomic E-state index is -3.46. The van der Waals surface area contributed by atoms with Gasteiger partial charge < -0.3 is 5.32 Å². The van der Waals surface area contributed by atoms with Gasteiger partial charge in [0.05, 0.1) is 11.9 Å². The quantitative estimate of drug-likeness (QED) is 0.717. The summed E-state index contributed by atoms with van der Waals surface area (Å²) in [6, 6.07) is 17.4. The van der Waals surface area contributed by atoms with Crippen LogP contribution in [0.3, 0.4) is 0 Å². The van der Waals surface area contributed by atoms with Crippen molar-refractivity contribution in [1.29, 1.82) is 0 Å². The second-order valence-electron chi connectivity index (χ2n) is 6.92. The summed E-state index contributed by atoms with van der Waals surface area (Å²) in [5.41, 5.74) is 2.88. The maximum atomic E-state index is 12.2. The molecule has 1 N–H and O–H groups in total. The molecule has 0 spiro atoms. The lowest BCUT2D eigenvalue weighted by molar-refractivity contribution is -0.120. The second kappa shape index (κ2) is 9.55. The molecule has 0 saturated carbocycles. The first-order valence-electron chi connectivity index (χ1n) is 9.15. The van der Waals surface area contributed by atoms with Gasteiger partial charge in [-0.3, -0.25) is 9.10 Å². The maximum Gasteiger partial charge on any atom is 0.232 e. The van der Waals surface area contributed by atoms with Gasteiger partial charge in [-0.15, -0.1) is 0 Å². The van der Waals surface area contributed by atoms with Crippen molar-refractivity contribution < 1.29 is 13.2 Å². The van der Waals surface area contributed by atoms with E-state index in [9.17, 15) is 13.2 Å². The highest BCUT2D eigenvalue weighted by atomic mass is 32.2. The van der Waals surface area contributed by atoms with E-state index in [2.05, 4.69) is 19.2 Å². The van der Waals surface area contributed by atoms with Gasteiger partial charge in [-0.05, 0) is 35.6 Å². The topological polar surface area (TPSA) is 66.5 Å². The Kier molecular flexibility index (Phi) is 7.42. The molecule has 5 nitrogen and oxygen atoms in total. The van der Waals surface area contributed by atoms with Gasteiger partial charge in [-0.2, -0.15) is 0 Å². The molecule has 0 aliphatic carbocycles. The van der Waals surface area contributed by atoms with E-state index in [0.29, 0.717) is 18.2 Å². The van der Waals surface area contributed by atoms with Crippen molar-refractivity contribution in [2.45, 2.75) is 32.6 Å². The Morgan fingerprint density at radius 2 is 1.67 bits per heavy atom. The average molecular weight is 389 g/mol. The maximum absolute atomic E-state index is 12.2. The molecular formula is C21H28N2O3S. The van der Waals surface area contributed by atoms with Crippen LogP contribution in [0.15, 0.2) is 54.6 Å². The van der Waals surface area contributed by atoms with E-state index in [1.54, 1.807) is 12.1 Å². The average Bonchev–Trinajstić information content (AvgIpc) is 2.62. The van der Waals surface area contributed by atoms with Crippen LogP contribution in [0, 0.1) is 0 Å². The number of benzene rings is 2. The van der Waals surface area contributed by atoms with Crippen molar-refractivity contribution in [3.05, 3.63) is 65.7 Å². The largest absolute Gasteiger partial charge is 0.356 e. The number of carbonyl (C=O) groups is 1. The Morgan fingerprint density at radius 3 is 2.22 bits per heavy atom. The molecule has 146 valence electrons. The van der Waals surface area contributed by atoms with Crippen molar-refractivity contribution in [3.63, 3.8) is 0 Å². The molecule has 0 heterocycles. The number of carbonyl (C=O) groups excluding carboxylic acids is 1. The van der Waals surface area contributed by atoms with E-state index in [4.69, 9.17) is 0 Å². The molecule has 6 heteroatoms. The lowest BCUT2D eigenvalue weighted by atomic mass is 10.0. The van der Waals surface area contributed by atoms with E-state index < -0.39 is 10.0 Å². The molecule has 0 aliphatic rings.